The SMILES string of the molecule is CCc1cccc(C(C)C)c1NC(=O)C(=NNC(N)=O)[C@H](C(=O)OC)c1cnc2ccccc2n1. The molecule has 10 heteroatoms. The normalized spacial score (nSPS) is 12.3. The summed E-state index contributed by atoms with van der Waals surface area (Å²) in [6.45, 7) is 5.99. The van der Waals surface area contributed by atoms with Gasteiger partial charge >= 0.3 is 12.0 Å². The number of rotatable bonds is 8. The van der Waals surface area contributed by atoms with Gasteiger partial charge in [0.25, 0.3) is 5.91 Å². The molecule has 10 nitrogen and oxygen atoms in total. The fourth-order valence-corrected chi connectivity index (χ4v) is 3.69. The molecule has 0 unspecified atom stereocenters. The lowest BCUT2D eigenvalue weighted by Gasteiger charge is -2.20. The molecule has 0 fully saturated rings. The average Bonchev–Trinajstić information content (AvgIpc) is 2.85. The summed E-state index contributed by atoms with van der Waals surface area (Å²) < 4.78 is 4.96. The molecule has 0 saturated carbocycles. The van der Waals surface area contributed by atoms with Crippen LogP contribution in [0.5, 0.6) is 0 Å². The molecule has 1 aromatic heterocycles. The highest BCUT2D eigenvalue weighted by molar-refractivity contribution is 6.48. The number of nitrogens with two attached hydrogens (primary N) is 1. The minimum Gasteiger partial charge on any atom is -0.468 e. The number of fused-ring (bicyclic) bond motifs is 1. The van der Waals surface area contributed by atoms with Crippen molar-refractivity contribution in [1.29, 1.82) is 0 Å². The predicted molar refractivity (Wildman–Crippen MR) is 133 cm³/mol. The Bertz CT molecular complexity index is 1290. The lowest BCUT2D eigenvalue weighted by Crippen LogP contribution is -2.37. The van der Waals surface area contributed by atoms with E-state index < -0.39 is 23.8 Å². The zero-order valence-electron chi connectivity index (χ0n) is 20.0. The van der Waals surface area contributed by atoms with Crippen LogP contribution < -0.4 is 16.5 Å². The molecule has 1 atom stereocenters. The topological polar surface area (TPSA) is 149 Å². The maximum Gasteiger partial charge on any atom is 0.332 e. The molecule has 0 spiro atoms. The molecule has 3 aromatic rings. The fraction of sp³-hybridized carbons (Fsp3) is 0.280. The van der Waals surface area contributed by atoms with E-state index in [1.54, 1.807) is 18.2 Å². The van der Waals surface area contributed by atoms with Crippen LogP contribution in [0.1, 0.15) is 49.4 Å². The molecule has 0 aliphatic carbocycles. The molecule has 3 rings (SSSR count). The maximum absolute atomic E-state index is 13.6. The maximum atomic E-state index is 13.6. The van der Waals surface area contributed by atoms with Gasteiger partial charge < -0.3 is 15.8 Å². The second-order valence-electron chi connectivity index (χ2n) is 8.06. The Labute approximate surface area is 203 Å². The highest BCUT2D eigenvalue weighted by atomic mass is 16.5. The summed E-state index contributed by atoms with van der Waals surface area (Å²) in [5.74, 6) is -2.78. The van der Waals surface area contributed by atoms with Gasteiger partial charge in [0.05, 0.1) is 30.0 Å². The van der Waals surface area contributed by atoms with Crippen molar-refractivity contribution >= 4 is 40.3 Å². The van der Waals surface area contributed by atoms with E-state index in [9.17, 15) is 14.4 Å². The molecule has 0 saturated heterocycles. The number of aryl methyl sites for hydroxylation is 1. The van der Waals surface area contributed by atoms with Crippen LogP contribution in [0.3, 0.4) is 0 Å². The Morgan fingerprint density at radius 3 is 2.43 bits per heavy atom. The van der Waals surface area contributed by atoms with Gasteiger partial charge in [-0.1, -0.05) is 51.1 Å². The van der Waals surface area contributed by atoms with Crippen LogP contribution in [0.25, 0.3) is 11.0 Å². The summed E-state index contributed by atoms with van der Waals surface area (Å²) in [5.41, 5.74) is 10.6. The number of hydrogen-bond acceptors (Lipinski definition) is 7. The van der Waals surface area contributed by atoms with Crippen LogP contribution in [-0.4, -0.2) is 40.7 Å². The first kappa shape index (κ1) is 25.3. The Morgan fingerprint density at radius 2 is 1.80 bits per heavy atom. The lowest BCUT2D eigenvalue weighted by molar-refractivity contribution is -0.141. The van der Waals surface area contributed by atoms with Crippen LogP contribution >= 0.6 is 0 Å². The van der Waals surface area contributed by atoms with Crippen molar-refractivity contribution in [1.82, 2.24) is 15.4 Å². The number of primary amides is 1. The third-order valence-electron chi connectivity index (χ3n) is 5.42. The zero-order valence-corrected chi connectivity index (χ0v) is 20.0. The monoisotopic (exact) mass is 476 g/mol. The van der Waals surface area contributed by atoms with Crippen molar-refractivity contribution in [2.75, 3.05) is 12.4 Å². The van der Waals surface area contributed by atoms with E-state index in [0.29, 0.717) is 23.1 Å². The molecule has 3 amide bonds. The summed E-state index contributed by atoms with van der Waals surface area (Å²) in [5, 5.41) is 6.77. The second-order valence-corrected chi connectivity index (χ2v) is 8.06. The molecule has 0 aliphatic rings. The van der Waals surface area contributed by atoms with Crippen molar-refractivity contribution in [3.63, 3.8) is 0 Å². The summed E-state index contributed by atoms with van der Waals surface area (Å²) in [7, 11) is 1.18. The van der Waals surface area contributed by atoms with E-state index in [2.05, 4.69) is 25.8 Å². The summed E-state index contributed by atoms with van der Waals surface area (Å²) in [6.07, 6.45) is 2.04. The molecule has 0 aliphatic heterocycles. The Morgan fingerprint density at radius 1 is 1.09 bits per heavy atom. The van der Waals surface area contributed by atoms with Gasteiger partial charge in [0.1, 0.15) is 11.6 Å². The third kappa shape index (κ3) is 5.78. The average molecular weight is 477 g/mol. The summed E-state index contributed by atoms with van der Waals surface area (Å²) in [4.78, 5) is 46.7. The summed E-state index contributed by atoms with van der Waals surface area (Å²) >= 11 is 0. The molecule has 1 heterocycles. The van der Waals surface area contributed by atoms with E-state index >= 15 is 0 Å². The minimum atomic E-state index is -1.37. The van der Waals surface area contributed by atoms with Gasteiger partial charge in [0.15, 0.2) is 0 Å². The van der Waals surface area contributed by atoms with Gasteiger partial charge in [0.2, 0.25) is 0 Å². The van der Waals surface area contributed by atoms with Crippen molar-refractivity contribution < 1.29 is 19.1 Å². The largest absolute Gasteiger partial charge is 0.468 e. The van der Waals surface area contributed by atoms with Gasteiger partial charge in [-0.2, -0.15) is 5.10 Å². The number of carbonyl (C=O) groups is 3. The first-order valence-corrected chi connectivity index (χ1v) is 11.1. The summed E-state index contributed by atoms with van der Waals surface area (Å²) in [6, 6.07) is 11.8. The number of carbonyl (C=O) groups excluding carboxylic acids is 3. The Hall–Kier alpha value is -4.34. The number of ether oxygens (including phenoxy) is 1. The molecule has 0 bridgehead atoms. The second kappa shape index (κ2) is 11.2. The quantitative estimate of drug-likeness (QED) is 0.258. The number of nitrogens with one attached hydrogen (secondary N) is 2. The molecule has 2 aromatic carbocycles. The number of methoxy groups -OCH3 is 1. The predicted octanol–water partition coefficient (Wildman–Crippen LogP) is 3.24. The van der Waals surface area contributed by atoms with Gasteiger partial charge in [-0.25, -0.2) is 15.2 Å². The van der Waals surface area contributed by atoms with Crippen LogP contribution in [0.2, 0.25) is 0 Å². The van der Waals surface area contributed by atoms with Crippen molar-refractivity contribution in [2.45, 2.75) is 39.0 Å². The number of benzene rings is 2. The highest BCUT2D eigenvalue weighted by Crippen LogP contribution is 2.29. The van der Waals surface area contributed by atoms with Gasteiger partial charge in [-0.15, -0.1) is 0 Å². The van der Waals surface area contributed by atoms with E-state index in [4.69, 9.17) is 10.5 Å². The van der Waals surface area contributed by atoms with Crippen LogP contribution in [0.15, 0.2) is 53.8 Å². The number of hydrogen-bond donors (Lipinski definition) is 3. The number of aromatic nitrogens is 2. The first-order valence-electron chi connectivity index (χ1n) is 11.1. The number of nitrogens with zero attached hydrogens (tertiary/aromatic N) is 3. The Balaban J connectivity index is 2.13. The van der Waals surface area contributed by atoms with Crippen LogP contribution in [0.4, 0.5) is 10.5 Å². The number of amides is 3. The van der Waals surface area contributed by atoms with E-state index in [-0.39, 0.29) is 17.3 Å². The number of urea groups is 1. The molecule has 4 N–H and O–H groups in total. The number of hydrazone groups is 1. The molecular weight excluding hydrogens is 448 g/mol. The standard InChI is InChI=1S/C25H28N6O4/c1-5-15-9-8-10-16(14(2)3)21(15)29-23(32)22(30-31-25(26)34)20(24(33)35-4)19-13-27-17-11-6-7-12-18(17)28-19/h6-14,20H,5H2,1-4H3,(H,29,32)(H3,26,31,34)/t20-/m1/s1. The van der Waals surface area contributed by atoms with E-state index in [1.165, 1.54) is 13.3 Å². The van der Waals surface area contributed by atoms with E-state index in [0.717, 1.165) is 11.1 Å². The van der Waals surface area contributed by atoms with Gasteiger partial charge in [-0.3, -0.25) is 14.6 Å². The van der Waals surface area contributed by atoms with E-state index in [1.807, 2.05) is 45.0 Å². The third-order valence-corrected chi connectivity index (χ3v) is 5.42. The molecular formula is C25H28N6O4. The van der Waals surface area contributed by atoms with Crippen molar-refractivity contribution in [2.24, 2.45) is 10.8 Å². The van der Waals surface area contributed by atoms with Gasteiger partial charge in [0, 0.05) is 5.69 Å². The minimum absolute atomic E-state index is 0.115. The Kier molecular flexibility index (Phi) is 8.08. The van der Waals surface area contributed by atoms with Crippen LogP contribution in [-0.2, 0) is 20.7 Å². The molecule has 0 radical (unpaired) electrons. The molecule has 182 valence electrons. The van der Waals surface area contributed by atoms with Crippen molar-refractivity contribution in [3.8, 4) is 0 Å². The lowest BCUT2D eigenvalue weighted by atomic mass is 9.95. The smallest absolute Gasteiger partial charge is 0.332 e. The van der Waals surface area contributed by atoms with Crippen molar-refractivity contribution in [3.05, 3.63) is 65.5 Å². The van der Waals surface area contributed by atoms with Gasteiger partial charge in [-0.05, 0) is 35.6 Å². The number of esters is 1. The fourth-order valence-electron chi connectivity index (χ4n) is 3.69. The van der Waals surface area contributed by atoms with Crippen LogP contribution in [0, 0.1) is 0 Å². The number of para-hydroxylation sites is 3. The first-order chi connectivity index (χ1) is 16.8. The highest BCUT2D eigenvalue weighted by Gasteiger charge is 2.35. The zero-order chi connectivity index (χ0) is 25.5. The number of anilines is 1. The molecule has 35 heavy (non-hydrogen) atoms.